The van der Waals surface area contributed by atoms with E-state index in [1.165, 1.54) is 4.68 Å². The molecule has 2 aromatic rings. The number of aromatic nitrogens is 4. The van der Waals surface area contributed by atoms with Crippen LogP contribution in [0.4, 0.5) is 4.39 Å². The zero-order valence-electron chi connectivity index (χ0n) is 11.9. The van der Waals surface area contributed by atoms with Gasteiger partial charge in [-0.05, 0) is 20.8 Å². The summed E-state index contributed by atoms with van der Waals surface area (Å²) in [5.74, 6) is -0.240. The zero-order valence-corrected chi connectivity index (χ0v) is 11.9. The number of nitrogens with zero attached hydrogens (tertiary/aromatic N) is 4. The first kappa shape index (κ1) is 13.7. The van der Waals surface area contributed by atoms with Gasteiger partial charge in [-0.2, -0.15) is 14.6 Å². The van der Waals surface area contributed by atoms with E-state index in [9.17, 15) is 4.39 Å². The van der Waals surface area contributed by atoms with Gasteiger partial charge in [0.2, 0.25) is 5.95 Å². The van der Waals surface area contributed by atoms with Gasteiger partial charge in [0.15, 0.2) is 0 Å². The molecule has 0 aliphatic heterocycles. The summed E-state index contributed by atoms with van der Waals surface area (Å²) in [5, 5.41) is 11.7. The van der Waals surface area contributed by atoms with Crippen molar-refractivity contribution in [3.63, 3.8) is 0 Å². The molecule has 0 aliphatic rings. The summed E-state index contributed by atoms with van der Waals surface area (Å²) in [6, 6.07) is 0. The predicted octanol–water partition coefficient (Wildman–Crippen LogP) is 1.68. The largest absolute Gasteiger partial charge is 0.308 e. The van der Waals surface area contributed by atoms with Crippen LogP contribution in [0, 0.1) is 19.8 Å². The van der Waals surface area contributed by atoms with Gasteiger partial charge >= 0.3 is 0 Å². The van der Waals surface area contributed by atoms with Crippen LogP contribution in [0.15, 0.2) is 6.20 Å². The van der Waals surface area contributed by atoms with Crippen LogP contribution in [0.25, 0.3) is 0 Å². The minimum atomic E-state index is -0.240. The molecule has 0 aromatic carbocycles. The Hall–Kier alpha value is -1.69. The summed E-state index contributed by atoms with van der Waals surface area (Å²) in [4.78, 5) is 0. The molecule has 2 aromatic heterocycles. The van der Waals surface area contributed by atoms with Crippen molar-refractivity contribution in [3.05, 3.63) is 34.7 Å². The summed E-state index contributed by atoms with van der Waals surface area (Å²) in [5.41, 5.74) is 3.51. The number of hydrogen-bond acceptors (Lipinski definition) is 3. The van der Waals surface area contributed by atoms with Crippen LogP contribution >= 0.6 is 0 Å². The molecule has 0 amide bonds. The van der Waals surface area contributed by atoms with E-state index in [1.807, 2.05) is 34.0 Å². The molecule has 2 rings (SSSR count). The number of nitrogens with one attached hydrogen (secondary N) is 1. The summed E-state index contributed by atoms with van der Waals surface area (Å²) in [7, 11) is 1.89. The second-order valence-electron chi connectivity index (χ2n) is 4.69. The van der Waals surface area contributed by atoms with E-state index in [0.29, 0.717) is 25.2 Å². The second-order valence-corrected chi connectivity index (χ2v) is 4.69. The average molecular weight is 265 g/mol. The topological polar surface area (TPSA) is 47.7 Å². The van der Waals surface area contributed by atoms with Gasteiger partial charge in [-0.1, -0.05) is 0 Å². The molecular formula is C13H20FN5. The van der Waals surface area contributed by atoms with Crippen molar-refractivity contribution in [2.75, 3.05) is 0 Å². The number of aryl methyl sites for hydroxylation is 4. The van der Waals surface area contributed by atoms with Gasteiger partial charge < -0.3 is 5.32 Å². The Morgan fingerprint density at radius 2 is 1.95 bits per heavy atom. The molecule has 5 nitrogen and oxygen atoms in total. The Morgan fingerprint density at radius 1 is 1.21 bits per heavy atom. The molecule has 2 heterocycles. The molecule has 19 heavy (non-hydrogen) atoms. The first-order valence-electron chi connectivity index (χ1n) is 6.44. The fourth-order valence-electron chi connectivity index (χ4n) is 2.15. The van der Waals surface area contributed by atoms with Crippen LogP contribution in [0.2, 0.25) is 0 Å². The number of halogens is 1. The first-order valence-corrected chi connectivity index (χ1v) is 6.44. The predicted molar refractivity (Wildman–Crippen MR) is 71.1 cm³/mol. The smallest absolute Gasteiger partial charge is 0.216 e. The van der Waals surface area contributed by atoms with Crippen molar-refractivity contribution < 1.29 is 4.39 Å². The molecule has 0 bridgehead atoms. The lowest BCUT2D eigenvalue weighted by molar-refractivity contribution is 0.460. The minimum absolute atomic E-state index is 0.240. The fourth-order valence-corrected chi connectivity index (χ4v) is 2.15. The Bertz CT molecular complexity index is 570. The lowest BCUT2D eigenvalue weighted by Crippen LogP contribution is -2.14. The fraction of sp³-hybridized carbons (Fsp3) is 0.538. The monoisotopic (exact) mass is 265 g/mol. The summed E-state index contributed by atoms with van der Waals surface area (Å²) < 4.78 is 17.1. The maximum atomic E-state index is 13.9. The van der Waals surface area contributed by atoms with Crippen molar-refractivity contribution in [1.29, 1.82) is 0 Å². The lowest BCUT2D eigenvalue weighted by atomic mass is 10.2. The standard InChI is InChI=1S/C13H20FN5/c1-5-19-13(14)12(10(3)17-19)7-15-6-11-8-18(4)16-9(11)2/h8,15H,5-7H2,1-4H3. The van der Waals surface area contributed by atoms with Crippen molar-refractivity contribution in [3.8, 4) is 0 Å². The van der Waals surface area contributed by atoms with E-state index < -0.39 is 0 Å². The highest BCUT2D eigenvalue weighted by molar-refractivity contribution is 5.18. The van der Waals surface area contributed by atoms with Crippen LogP contribution in [0.3, 0.4) is 0 Å². The Kier molecular flexibility index (Phi) is 3.99. The third-order valence-electron chi connectivity index (χ3n) is 3.21. The maximum Gasteiger partial charge on any atom is 0.216 e. The van der Waals surface area contributed by atoms with Gasteiger partial charge in [-0.3, -0.25) is 4.68 Å². The van der Waals surface area contributed by atoms with E-state index in [2.05, 4.69) is 15.5 Å². The van der Waals surface area contributed by atoms with Crippen LogP contribution in [-0.4, -0.2) is 19.6 Å². The van der Waals surface area contributed by atoms with Crippen molar-refractivity contribution >= 4 is 0 Å². The molecule has 0 fully saturated rings. The van der Waals surface area contributed by atoms with E-state index in [0.717, 1.165) is 17.0 Å². The van der Waals surface area contributed by atoms with Gasteiger partial charge in [0.05, 0.1) is 11.4 Å². The Labute approximate surface area is 112 Å². The van der Waals surface area contributed by atoms with Gasteiger partial charge in [0.25, 0.3) is 0 Å². The van der Waals surface area contributed by atoms with Gasteiger partial charge in [-0.15, -0.1) is 0 Å². The highest BCUT2D eigenvalue weighted by Crippen LogP contribution is 2.12. The highest BCUT2D eigenvalue weighted by Gasteiger charge is 2.13. The first-order chi connectivity index (χ1) is 9.02. The zero-order chi connectivity index (χ0) is 14.0. The number of hydrogen-bond donors (Lipinski definition) is 1. The van der Waals surface area contributed by atoms with Crippen LogP contribution < -0.4 is 5.32 Å². The average Bonchev–Trinajstić information content (AvgIpc) is 2.82. The molecule has 0 saturated carbocycles. The molecule has 0 radical (unpaired) electrons. The molecule has 0 spiro atoms. The van der Waals surface area contributed by atoms with Crippen molar-refractivity contribution in [2.45, 2.75) is 40.4 Å². The van der Waals surface area contributed by atoms with E-state index in [1.54, 1.807) is 4.68 Å². The second kappa shape index (κ2) is 5.52. The summed E-state index contributed by atoms with van der Waals surface area (Å²) in [6.45, 7) is 7.39. The molecule has 6 heteroatoms. The van der Waals surface area contributed by atoms with Crippen LogP contribution in [-0.2, 0) is 26.7 Å². The van der Waals surface area contributed by atoms with Crippen molar-refractivity contribution in [1.82, 2.24) is 24.9 Å². The normalized spacial score (nSPS) is 11.2. The maximum absolute atomic E-state index is 13.9. The van der Waals surface area contributed by atoms with Crippen molar-refractivity contribution in [2.24, 2.45) is 7.05 Å². The minimum Gasteiger partial charge on any atom is -0.308 e. The Balaban J connectivity index is 2.00. The SMILES string of the molecule is CCn1nc(C)c(CNCc2cn(C)nc2C)c1F. The quantitative estimate of drug-likeness (QED) is 0.895. The van der Waals surface area contributed by atoms with E-state index in [-0.39, 0.29) is 5.95 Å². The highest BCUT2D eigenvalue weighted by atomic mass is 19.1. The molecule has 0 atom stereocenters. The third-order valence-corrected chi connectivity index (χ3v) is 3.21. The van der Waals surface area contributed by atoms with Crippen LogP contribution in [0.1, 0.15) is 29.4 Å². The van der Waals surface area contributed by atoms with Gasteiger partial charge in [0, 0.05) is 44.0 Å². The molecule has 0 aliphatic carbocycles. The lowest BCUT2D eigenvalue weighted by Gasteiger charge is -2.03. The molecule has 0 saturated heterocycles. The van der Waals surface area contributed by atoms with Gasteiger partial charge in [0.1, 0.15) is 0 Å². The molecule has 1 N–H and O–H groups in total. The van der Waals surface area contributed by atoms with Gasteiger partial charge in [-0.25, -0.2) is 4.68 Å². The molecule has 0 unspecified atom stereocenters. The Morgan fingerprint density at radius 3 is 2.47 bits per heavy atom. The van der Waals surface area contributed by atoms with Crippen LogP contribution in [0.5, 0.6) is 0 Å². The third kappa shape index (κ3) is 2.84. The molecule has 104 valence electrons. The molecular weight excluding hydrogens is 245 g/mol. The summed E-state index contributed by atoms with van der Waals surface area (Å²) >= 11 is 0. The number of rotatable bonds is 5. The summed E-state index contributed by atoms with van der Waals surface area (Å²) in [6.07, 6.45) is 1.97. The van der Waals surface area contributed by atoms with E-state index in [4.69, 9.17) is 0 Å². The van der Waals surface area contributed by atoms with E-state index >= 15 is 0 Å².